The molecule has 0 amide bonds. The van der Waals surface area contributed by atoms with Gasteiger partial charge in [-0.2, -0.15) is 0 Å². The summed E-state index contributed by atoms with van der Waals surface area (Å²) in [4.78, 5) is 14.5. The van der Waals surface area contributed by atoms with Gasteiger partial charge in [0.25, 0.3) is 0 Å². The van der Waals surface area contributed by atoms with E-state index in [1.165, 1.54) is 44.1 Å². The van der Waals surface area contributed by atoms with Crippen LogP contribution in [-0.4, -0.2) is 45.1 Å². The average Bonchev–Trinajstić information content (AvgIpc) is 3.57. The number of aromatic nitrogens is 1. The van der Waals surface area contributed by atoms with Crippen molar-refractivity contribution in [3.63, 3.8) is 0 Å². The van der Waals surface area contributed by atoms with E-state index in [0.717, 1.165) is 61.8 Å². The minimum Gasteiger partial charge on any atom is -0.478 e. The Morgan fingerprint density at radius 3 is 2.42 bits per heavy atom. The van der Waals surface area contributed by atoms with Gasteiger partial charge in [0.2, 0.25) is 0 Å². The Hall–Kier alpha value is -2.48. The van der Waals surface area contributed by atoms with E-state index in [2.05, 4.69) is 50.6 Å². The van der Waals surface area contributed by atoms with Crippen LogP contribution in [-0.2, 0) is 9.53 Å². The molecule has 2 rings (SSSR count). The van der Waals surface area contributed by atoms with E-state index in [0.29, 0.717) is 19.3 Å². The highest BCUT2D eigenvalue weighted by Crippen LogP contribution is 2.32. The molecule has 7 heteroatoms. The number of hydrogen-bond acceptors (Lipinski definition) is 6. The van der Waals surface area contributed by atoms with Crippen LogP contribution < -0.4 is 0 Å². The van der Waals surface area contributed by atoms with Crippen molar-refractivity contribution in [3.05, 3.63) is 66.5 Å². The molecule has 3 N–H and O–H groups in total. The molecule has 0 saturated carbocycles. The highest BCUT2D eigenvalue weighted by molar-refractivity contribution is 5.79. The minimum absolute atomic E-state index is 0.0248. The Morgan fingerprint density at radius 1 is 1.09 bits per heavy atom. The van der Waals surface area contributed by atoms with E-state index in [-0.39, 0.29) is 18.8 Å². The smallest absolute Gasteiger partial charge is 0.327 e. The summed E-state index contributed by atoms with van der Waals surface area (Å²) < 4.78 is 11.1. The topological polar surface area (TPSA) is 113 Å². The summed E-state index contributed by atoms with van der Waals surface area (Å²) in [6.45, 7) is 18.9. The number of aliphatic hydroxyl groups excluding tert-OH is 2. The molecular formula is C38H67NO6. The molecule has 4 unspecified atom stereocenters. The molecule has 4 atom stereocenters. The van der Waals surface area contributed by atoms with Crippen LogP contribution in [0.1, 0.15) is 150 Å². The number of nitrogens with zero attached hydrogens (tertiary/aromatic N) is 1. The Balaban J connectivity index is 0. The lowest BCUT2D eigenvalue weighted by molar-refractivity contribution is -0.131. The number of aliphatic hydroxyl groups is 2. The minimum atomic E-state index is -0.925. The number of unbranched alkanes of at least 4 members (excludes halogenated alkanes) is 3. The lowest BCUT2D eigenvalue weighted by Gasteiger charge is -2.30. The molecule has 1 saturated heterocycles. The number of rotatable bonds is 19. The van der Waals surface area contributed by atoms with Crippen LogP contribution in [0.3, 0.4) is 0 Å². The summed E-state index contributed by atoms with van der Waals surface area (Å²) in [7, 11) is 0. The van der Waals surface area contributed by atoms with Gasteiger partial charge in [0, 0.05) is 12.7 Å². The molecule has 0 radical (unpaired) electrons. The second-order valence-corrected chi connectivity index (χ2v) is 11.3. The first kappa shape index (κ1) is 44.6. The van der Waals surface area contributed by atoms with Crippen molar-refractivity contribution in [2.45, 2.75) is 157 Å². The van der Waals surface area contributed by atoms with Gasteiger partial charge in [-0.15, -0.1) is 0 Å². The molecule has 7 nitrogen and oxygen atoms in total. The van der Waals surface area contributed by atoms with Gasteiger partial charge in [-0.05, 0) is 96.8 Å². The molecule has 1 aliphatic heterocycles. The molecule has 0 spiro atoms. The summed E-state index contributed by atoms with van der Waals surface area (Å²) in [6.07, 6.45) is 25.4. The van der Waals surface area contributed by atoms with Crippen LogP contribution in [0.5, 0.6) is 0 Å². The number of hydrogen-bond donors (Lipinski definition) is 3. The fraction of sp³-hybridized carbons (Fsp3) is 0.684. The lowest BCUT2D eigenvalue weighted by atomic mass is 9.95. The van der Waals surface area contributed by atoms with Crippen molar-refractivity contribution < 1.29 is 29.3 Å². The predicted octanol–water partition coefficient (Wildman–Crippen LogP) is 10.3. The SMILES string of the molecule is C/C=C/CCCCC(C)C/C(C)=C/CCO.C=C(CCC/C=C\C(=O)O)CC(O)CC1CCCC(c2cocn2)O1.CC.CC. The molecule has 1 aromatic heterocycles. The largest absolute Gasteiger partial charge is 0.478 e. The maximum absolute atomic E-state index is 10.4. The zero-order chi connectivity index (χ0) is 34.3. The Morgan fingerprint density at radius 2 is 1.80 bits per heavy atom. The van der Waals surface area contributed by atoms with Crippen LogP contribution in [0.15, 0.2) is 65.2 Å². The molecule has 45 heavy (non-hydrogen) atoms. The van der Waals surface area contributed by atoms with E-state index in [1.807, 2.05) is 27.7 Å². The van der Waals surface area contributed by atoms with Gasteiger partial charge >= 0.3 is 5.97 Å². The molecule has 2 heterocycles. The monoisotopic (exact) mass is 633 g/mol. The van der Waals surface area contributed by atoms with Gasteiger partial charge in [-0.3, -0.25) is 0 Å². The van der Waals surface area contributed by atoms with Gasteiger partial charge in [0.1, 0.15) is 18.1 Å². The van der Waals surface area contributed by atoms with Crippen molar-refractivity contribution >= 4 is 5.97 Å². The standard InChI is InChI=1S/C19H27NO5.C15H28O.2C2H6/c1-14(6-3-2-4-9-19(22)23)10-15(21)11-16-7-5-8-18(25-16)17-12-24-13-20-17;1-4-5-6-7-8-10-14(2)13-15(3)11-9-12-16;2*1-2/h4,9,12-13,15-16,18,21H,1-3,5-8,10-11H2,(H,22,23);4-5,11,14,16H,6-10,12-13H2,1-3H3;2*1-2H3/b9-4-;5-4+,15-11+;;. The highest BCUT2D eigenvalue weighted by Gasteiger charge is 2.27. The van der Waals surface area contributed by atoms with E-state index in [1.54, 1.807) is 12.3 Å². The van der Waals surface area contributed by atoms with Crippen LogP contribution in [0, 0.1) is 5.92 Å². The Kier molecular flexibility index (Phi) is 31.3. The summed E-state index contributed by atoms with van der Waals surface area (Å²) in [5, 5.41) is 27.5. The fourth-order valence-corrected chi connectivity index (χ4v) is 5.11. The van der Waals surface area contributed by atoms with Crippen molar-refractivity contribution in [2.75, 3.05) is 6.61 Å². The van der Waals surface area contributed by atoms with Crippen molar-refractivity contribution in [3.8, 4) is 0 Å². The van der Waals surface area contributed by atoms with Crippen LogP contribution in [0.4, 0.5) is 0 Å². The van der Waals surface area contributed by atoms with E-state index >= 15 is 0 Å². The first-order valence-corrected chi connectivity index (χ1v) is 17.4. The van der Waals surface area contributed by atoms with Crippen molar-refractivity contribution in [2.24, 2.45) is 5.92 Å². The molecule has 1 fully saturated rings. The molecule has 260 valence electrons. The second-order valence-electron chi connectivity index (χ2n) is 11.3. The Bertz CT molecular complexity index is 905. The molecule has 0 aromatic carbocycles. The zero-order valence-electron chi connectivity index (χ0n) is 29.7. The molecule has 1 aliphatic rings. The number of aliphatic carboxylic acids is 1. The number of oxazole rings is 1. The van der Waals surface area contributed by atoms with Crippen LogP contribution in [0.2, 0.25) is 0 Å². The highest BCUT2D eigenvalue weighted by atomic mass is 16.5. The fourth-order valence-electron chi connectivity index (χ4n) is 5.11. The first-order valence-electron chi connectivity index (χ1n) is 17.4. The van der Waals surface area contributed by atoms with Crippen molar-refractivity contribution in [1.29, 1.82) is 0 Å². The number of allylic oxidation sites excluding steroid dienone is 4. The predicted molar refractivity (Wildman–Crippen MR) is 188 cm³/mol. The summed E-state index contributed by atoms with van der Waals surface area (Å²) in [5.41, 5.74) is 3.23. The maximum atomic E-state index is 10.4. The summed E-state index contributed by atoms with van der Waals surface area (Å²) in [5.74, 6) is -0.147. The van der Waals surface area contributed by atoms with E-state index < -0.39 is 12.1 Å². The van der Waals surface area contributed by atoms with Gasteiger partial charge in [-0.1, -0.05) is 89.5 Å². The summed E-state index contributed by atoms with van der Waals surface area (Å²) >= 11 is 0. The lowest BCUT2D eigenvalue weighted by Crippen LogP contribution is -2.27. The quantitative estimate of drug-likeness (QED) is 0.0789. The number of ether oxygens (including phenoxy) is 1. The van der Waals surface area contributed by atoms with Gasteiger partial charge in [0.05, 0.1) is 12.2 Å². The Labute approximate surface area is 275 Å². The second kappa shape index (κ2) is 31.5. The summed E-state index contributed by atoms with van der Waals surface area (Å²) in [6, 6.07) is 0. The van der Waals surface area contributed by atoms with Crippen molar-refractivity contribution in [1.82, 2.24) is 4.98 Å². The van der Waals surface area contributed by atoms with E-state index in [4.69, 9.17) is 19.4 Å². The third-order valence-corrected chi connectivity index (χ3v) is 7.20. The third-order valence-electron chi connectivity index (χ3n) is 7.20. The third kappa shape index (κ3) is 26.4. The molecule has 0 aliphatic carbocycles. The molecule has 0 bridgehead atoms. The number of carboxylic acids is 1. The molecule has 1 aromatic rings. The van der Waals surface area contributed by atoms with Gasteiger partial charge in [-0.25, -0.2) is 9.78 Å². The van der Waals surface area contributed by atoms with Crippen LogP contribution >= 0.6 is 0 Å². The maximum Gasteiger partial charge on any atom is 0.327 e. The normalized spacial score (nSPS) is 17.8. The number of carbonyl (C=O) groups is 1. The number of carboxylic acid groups (broad SMARTS) is 1. The van der Waals surface area contributed by atoms with Gasteiger partial charge < -0.3 is 24.5 Å². The zero-order valence-corrected chi connectivity index (χ0v) is 29.7. The van der Waals surface area contributed by atoms with Crippen LogP contribution in [0.25, 0.3) is 0 Å². The van der Waals surface area contributed by atoms with E-state index in [9.17, 15) is 9.90 Å². The van der Waals surface area contributed by atoms with Gasteiger partial charge in [0.15, 0.2) is 6.39 Å². The molecular weight excluding hydrogens is 566 g/mol. The first-order chi connectivity index (χ1) is 21.7. The average molecular weight is 634 g/mol.